The second kappa shape index (κ2) is 5.38. The number of rotatable bonds is 1. The van der Waals surface area contributed by atoms with Crippen LogP contribution in [0.25, 0.3) is 22.2 Å². The molecule has 0 fully saturated rings. The summed E-state index contributed by atoms with van der Waals surface area (Å²) in [6, 6.07) is 27.1. The molecule has 0 bridgehead atoms. The molecule has 0 unspecified atom stereocenters. The molecule has 1 aliphatic carbocycles. The van der Waals surface area contributed by atoms with E-state index in [0.717, 1.165) is 33.6 Å². The van der Waals surface area contributed by atoms with Crippen molar-refractivity contribution in [1.82, 2.24) is 4.98 Å². The van der Waals surface area contributed by atoms with E-state index in [1.54, 1.807) is 0 Å². The summed E-state index contributed by atoms with van der Waals surface area (Å²) in [4.78, 5) is 9.90. The Morgan fingerprint density at radius 2 is 1.52 bits per heavy atom. The van der Waals surface area contributed by atoms with Crippen LogP contribution in [-0.4, -0.2) is 10.7 Å². The van der Waals surface area contributed by atoms with Gasteiger partial charge in [0.05, 0.1) is 22.6 Å². The zero-order valence-electron chi connectivity index (χ0n) is 13.9. The summed E-state index contributed by atoms with van der Waals surface area (Å²) in [5.41, 5.74) is 8.71. The van der Waals surface area contributed by atoms with Crippen LogP contribution in [-0.2, 0) is 0 Å². The molecule has 2 heteroatoms. The van der Waals surface area contributed by atoms with E-state index in [0.29, 0.717) is 0 Å². The van der Waals surface area contributed by atoms with E-state index >= 15 is 0 Å². The van der Waals surface area contributed by atoms with Crippen molar-refractivity contribution < 1.29 is 0 Å². The summed E-state index contributed by atoms with van der Waals surface area (Å²) in [6.07, 6.45) is 0. The van der Waals surface area contributed by atoms with Gasteiger partial charge in [-0.05, 0) is 37.3 Å². The number of aryl methyl sites for hydroxylation is 1. The van der Waals surface area contributed by atoms with Crippen LogP contribution >= 0.6 is 0 Å². The Bertz CT molecular complexity index is 1140. The predicted molar refractivity (Wildman–Crippen MR) is 104 cm³/mol. The van der Waals surface area contributed by atoms with E-state index in [-0.39, 0.29) is 0 Å². The molecule has 1 aliphatic rings. The van der Waals surface area contributed by atoms with E-state index in [2.05, 4.69) is 49.4 Å². The van der Waals surface area contributed by atoms with E-state index < -0.39 is 0 Å². The van der Waals surface area contributed by atoms with Crippen LogP contribution in [0.1, 0.15) is 16.7 Å². The van der Waals surface area contributed by atoms with Crippen LogP contribution in [0, 0.1) is 6.92 Å². The first-order chi connectivity index (χ1) is 12.3. The van der Waals surface area contributed by atoms with Gasteiger partial charge >= 0.3 is 0 Å². The first-order valence-electron chi connectivity index (χ1n) is 8.45. The molecule has 4 aromatic rings. The molecule has 0 N–H and O–H groups in total. The highest BCUT2D eigenvalue weighted by atomic mass is 14.8. The van der Waals surface area contributed by atoms with Gasteiger partial charge < -0.3 is 0 Å². The van der Waals surface area contributed by atoms with Gasteiger partial charge in [-0.3, -0.25) is 0 Å². The maximum Gasteiger partial charge on any atom is 0.0810 e. The van der Waals surface area contributed by atoms with E-state index in [9.17, 15) is 0 Å². The molecule has 0 atom stereocenters. The average molecular weight is 320 g/mol. The lowest BCUT2D eigenvalue weighted by Gasteiger charge is -2.04. The van der Waals surface area contributed by atoms with Gasteiger partial charge in [0.1, 0.15) is 0 Å². The topological polar surface area (TPSA) is 25.2 Å². The average Bonchev–Trinajstić information content (AvgIpc) is 2.93. The largest absolute Gasteiger partial charge is 0.248 e. The van der Waals surface area contributed by atoms with Crippen molar-refractivity contribution in [2.24, 2.45) is 4.99 Å². The first-order valence-corrected chi connectivity index (χ1v) is 8.45. The standard InChI is InChI=1S/C23H16N2/c1-15-11-12-18-19(13-15)23(24-17-8-3-2-4-9-17)20-14-16-7-5-6-10-21(16)25-22(18)20/h2-14H,1H3. The Morgan fingerprint density at radius 1 is 0.720 bits per heavy atom. The molecule has 25 heavy (non-hydrogen) atoms. The highest BCUT2D eigenvalue weighted by Crippen LogP contribution is 2.38. The van der Waals surface area contributed by atoms with Crippen molar-refractivity contribution >= 4 is 22.3 Å². The van der Waals surface area contributed by atoms with Gasteiger partial charge in [0.2, 0.25) is 0 Å². The fraction of sp³-hybridized carbons (Fsp3) is 0.0435. The lowest BCUT2D eigenvalue weighted by molar-refractivity contribution is 1.39. The molecule has 1 heterocycles. The minimum Gasteiger partial charge on any atom is -0.248 e. The van der Waals surface area contributed by atoms with Gasteiger partial charge in [0, 0.05) is 22.1 Å². The Morgan fingerprint density at radius 3 is 2.40 bits per heavy atom. The number of hydrogen-bond donors (Lipinski definition) is 0. The fourth-order valence-corrected chi connectivity index (χ4v) is 3.46. The van der Waals surface area contributed by atoms with Crippen LogP contribution in [0.2, 0.25) is 0 Å². The zero-order chi connectivity index (χ0) is 16.8. The number of pyridine rings is 1. The molecule has 0 radical (unpaired) electrons. The van der Waals surface area contributed by atoms with E-state index in [1.807, 2.05) is 36.4 Å². The summed E-state index contributed by atoms with van der Waals surface area (Å²) in [7, 11) is 0. The van der Waals surface area contributed by atoms with E-state index in [4.69, 9.17) is 9.98 Å². The molecule has 0 aliphatic heterocycles. The number of aliphatic imine (C=N–C) groups is 1. The van der Waals surface area contributed by atoms with Gasteiger partial charge in [-0.2, -0.15) is 0 Å². The maximum absolute atomic E-state index is 4.97. The number of para-hydroxylation sites is 2. The summed E-state index contributed by atoms with van der Waals surface area (Å²) in [5.74, 6) is 0. The van der Waals surface area contributed by atoms with Crippen LogP contribution in [0.15, 0.2) is 83.9 Å². The summed E-state index contributed by atoms with van der Waals surface area (Å²) < 4.78 is 0. The van der Waals surface area contributed by atoms with Gasteiger partial charge in [-0.15, -0.1) is 0 Å². The Hall–Kier alpha value is -3.26. The van der Waals surface area contributed by atoms with Crippen molar-refractivity contribution in [2.75, 3.05) is 0 Å². The number of benzene rings is 3. The molecule has 1 aromatic heterocycles. The van der Waals surface area contributed by atoms with Gasteiger partial charge in [0.25, 0.3) is 0 Å². The second-order valence-corrected chi connectivity index (χ2v) is 6.42. The molecule has 5 rings (SSSR count). The number of hydrogen-bond acceptors (Lipinski definition) is 2. The smallest absolute Gasteiger partial charge is 0.0810 e. The lowest BCUT2D eigenvalue weighted by Crippen LogP contribution is -1.98. The van der Waals surface area contributed by atoms with Gasteiger partial charge in [-0.25, -0.2) is 9.98 Å². The van der Waals surface area contributed by atoms with Gasteiger partial charge in [0.15, 0.2) is 0 Å². The Labute approximate surface area is 146 Å². The monoisotopic (exact) mass is 320 g/mol. The molecule has 0 saturated heterocycles. The summed E-state index contributed by atoms with van der Waals surface area (Å²) in [5, 5.41) is 1.14. The van der Waals surface area contributed by atoms with E-state index in [1.165, 1.54) is 16.7 Å². The molecular formula is C23H16N2. The second-order valence-electron chi connectivity index (χ2n) is 6.42. The van der Waals surface area contributed by atoms with Crippen LogP contribution in [0.5, 0.6) is 0 Å². The molecule has 0 amide bonds. The molecule has 118 valence electrons. The Balaban J connectivity index is 1.84. The molecule has 2 nitrogen and oxygen atoms in total. The van der Waals surface area contributed by atoms with Crippen LogP contribution in [0.3, 0.4) is 0 Å². The van der Waals surface area contributed by atoms with Crippen molar-refractivity contribution in [3.63, 3.8) is 0 Å². The van der Waals surface area contributed by atoms with Crippen molar-refractivity contribution in [3.8, 4) is 11.3 Å². The number of aromatic nitrogens is 1. The third-order valence-electron chi connectivity index (χ3n) is 4.66. The normalized spacial score (nSPS) is 13.9. The minimum atomic E-state index is 0.964. The lowest BCUT2D eigenvalue weighted by atomic mass is 10.1. The SMILES string of the molecule is Cc1ccc2c(c1)C(=Nc1ccccc1)c1cc3ccccc3nc1-2. The molecule has 3 aromatic carbocycles. The van der Waals surface area contributed by atoms with Crippen molar-refractivity contribution in [1.29, 1.82) is 0 Å². The quantitative estimate of drug-likeness (QED) is 0.389. The van der Waals surface area contributed by atoms with Crippen LogP contribution in [0.4, 0.5) is 5.69 Å². The summed E-state index contributed by atoms with van der Waals surface area (Å²) >= 11 is 0. The summed E-state index contributed by atoms with van der Waals surface area (Å²) in [6.45, 7) is 2.12. The van der Waals surface area contributed by atoms with Crippen molar-refractivity contribution in [3.05, 3.63) is 95.6 Å². The molecule has 0 saturated carbocycles. The highest BCUT2D eigenvalue weighted by molar-refractivity contribution is 6.25. The fourth-order valence-electron chi connectivity index (χ4n) is 3.46. The third kappa shape index (κ3) is 2.26. The molecule has 0 spiro atoms. The van der Waals surface area contributed by atoms with Gasteiger partial charge in [-0.1, -0.05) is 54.1 Å². The zero-order valence-corrected chi connectivity index (χ0v) is 13.9. The predicted octanol–water partition coefficient (Wildman–Crippen LogP) is 5.69. The first kappa shape index (κ1) is 14.1. The van der Waals surface area contributed by atoms with Crippen molar-refractivity contribution in [2.45, 2.75) is 6.92 Å². The number of fused-ring (bicyclic) bond motifs is 4. The van der Waals surface area contributed by atoms with Crippen LogP contribution < -0.4 is 0 Å². The third-order valence-corrected chi connectivity index (χ3v) is 4.66. The molecular weight excluding hydrogens is 304 g/mol. The highest BCUT2D eigenvalue weighted by Gasteiger charge is 2.27. The maximum atomic E-state index is 4.97. The number of nitrogens with zero attached hydrogens (tertiary/aromatic N) is 2. The minimum absolute atomic E-state index is 0.964. The Kier molecular flexibility index (Phi) is 3.04.